The van der Waals surface area contributed by atoms with Gasteiger partial charge in [-0.15, -0.1) is 0 Å². The van der Waals surface area contributed by atoms with Crippen molar-refractivity contribution in [3.8, 4) is 0 Å². The first-order valence-electron chi connectivity index (χ1n) is 8.59. The number of fused-ring (bicyclic) bond motifs is 2. The number of nitrogens with zero attached hydrogens (tertiary/aromatic N) is 3. The van der Waals surface area contributed by atoms with Crippen molar-refractivity contribution >= 4 is 22.3 Å². The lowest BCUT2D eigenvalue weighted by Gasteiger charge is -2.33. The summed E-state index contributed by atoms with van der Waals surface area (Å²) in [5.74, 6) is 0. The van der Waals surface area contributed by atoms with Crippen molar-refractivity contribution in [3.05, 3.63) is 39.6 Å². The molecule has 1 aliphatic carbocycles. The molecule has 23 heavy (non-hydrogen) atoms. The average molecular weight is 311 g/mol. The zero-order valence-electron chi connectivity index (χ0n) is 13.3. The summed E-state index contributed by atoms with van der Waals surface area (Å²) in [7, 11) is 0. The molecule has 2 aromatic rings. The van der Waals surface area contributed by atoms with E-state index in [9.17, 15) is 10.1 Å². The molecular weight excluding hydrogens is 290 g/mol. The van der Waals surface area contributed by atoms with Crippen LogP contribution in [0.15, 0.2) is 18.2 Å². The molecule has 0 saturated carbocycles. The minimum atomic E-state index is -0.307. The second kappa shape index (κ2) is 5.80. The minimum absolute atomic E-state index is 0.160. The van der Waals surface area contributed by atoms with Crippen molar-refractivity contribution < 1.29 is 4.92 Å². The highest BCUT2D eigenvalue weighted by molar-refractivity contribution is 5.95. The summed E-state index contributed by atoms with van der Waals surface area (Å²) in [5.41, 5.74) is 4.84. The average Bonchev–Trinajstić information content (AvgIpc) is 2.59. The van der Waals surface area contributed by atoms with Gasteiger partial charge in [-0.25, -0.2) is 0 Å². The molecule has 1 aromatic heterocycles. The van der Waals surface area contributed by atoms with Crippen LogP contribution in [-0.4, -0.2) is 23.0 Å². The van der Waals surface area contributed by atoms with E-state index in [1.54, 1.807) is 12.1 Å². The molecule has 0 radical (unpaired) electrons. The highest BCUT2D eigenvalue weighted by Gasteiger charge is 2.24. The molecule has 2 aliphatic rings. The fourth-order valence-electron chi connectivity index (χ4n) is 3.98. The third kappa shape index (κ3) is 2.54. The number of pyridine rings is 1. The standard InChI is InChI=1S/C18H21N3O2/c22-21(23)13-8-9-17-15(12-13)18(20-10-4-1-5-11-20)14-6-2-3-7-16(14)19-17/h8-9,12H,1-7,10-11H2. The Bertz CT molecular complexity index is 766. The maximum atomic E-state index is 11.2. The number of aryl methyl sites for hydroxylation is 1. The molecule has 120 valence electrons. The van der Waals surface area contributed by atoms with E-state index >= 15 is 0 Å². The van der Waals surface area contributed by atoms with Crippen LogP contribution in [0.5, 0.6) is 0 Å². The smallest absolute Gasteiger partial charge is 0.270 e. The van der Waals surface area contributed by atoms with Crippen LogP contribution < -0.4 is 4.90 Å². The molecule has 1 saturated heterocycles. The van der Waals surface area contributed by atoms with Gasteiger partial charge in [-0.05, 0) is 56.6 Å². The van der Waals surface area contributed by atoms with Crippen molar-refractivity contribution in [1.82, 2.24) is 4.98 Å². The number of anilines is 1. The van der Waals surface area contributed by atoms with E-state index in [-0.39, 0.29) is 10.6 Å². The lowest BCUT2D eigenvalue weighted by molar-refractivity contribution is -0.384. The maximum Gasteiger partial charge on any atom is 0.270 e. The normalized spacial score (nSPS) is 18.0. The number of rotatable bonds is 2. The number of hydrogen-bond donors (Lipinski definition) is 0. The summed E-state index contributed by atoms with van der Waals surface area (Å²) in [6.07, 6.45) is 8.15. The van der Waals surface area contributed by atoms with Crippen LogP contribution in [0.2, 0.25) is 0 Å². The van der Waals surface area contributed by atoms with Gasteiger partial charge in [0.25, 0.3) is 5.69 Å². The highest BCUT2D eigenvalue weighted by atomic mass is 16.6. The summed E-state index contributed by atoms with van der Waals surface area (Å²) >= 11 is 0. The first-order valence-corrected chi connectivity index (χ1v) is 8.59. The van der Waals surface area contributed by atoms with Crippen LogP contribution in [0.1, 0.15) is 43.4 Å². The molecule has 0 spiro atoms. The lowest BCUT2D eigenvalue weighted by Crippen LogP contribution is -2.31. The van der Waals surface area contributed by atoms with Crippen molar-refractivity contribution in [2.24, 2.45) is 0 Å². The first kappa shape index (κ1) is 14.4. The van der Waals surface area contributed by atoms with Crippen molar-refractivity contribution in [2.45, 2.75) is 44.9 Å². The molecule has 4 rings (SSSR count). The second-order valence-electron chi connectivity index (χ2n) is 6.60. The number of aromatic nitrogens is 1. The number of hydrogen-bond acceptors (Lipinski definition) is 4. The second-order valence-corrected chi connectivity index (χ2v) is 6.60. The van der Waals surface area contributed by atoms with Gasteiger partial charge in [-0.2, -0.15) is 0 Å². The van der Waals surface area contributed by atoms with Crippen LogP contribution in [0, 0.1) is 10.1 Å². The Hall–Kier alpha value is -2.17. The number of nitro benzene ring substituents is 1. The number of piperidine rings is 1. The van der Waals surface area contributed by atoms with Crippen LogP contribution in [0.4, 0.5) is 11.4 Å². The van der Waals surface area contributed by atoms with Crippen LogP contribution in [0.3, 0.4) is 0 Å². The summed E-state index contributed by atoms with van der Waals surface area (Å²) in [4.78, 5) is 18.2. The van der Waals surface area contributed by atoms with E-state index in [1.807, 2.05) is 6.07 Å². The molecule has 0 atom stereocenters. The van der Waals surface area contributed by atoms with Crippen molar-refractivity contribution in [1.29, 1.82) is 0 Å². The lowest BCUT2D eigenvalue weighted by atomic mass is 9.91. The van der Waals surface area contributed by atoms with Crippen molar-refractivity contribution in [3.63, 3.8) is 0 Å². The topological polar surface area (TPSA) is 59.3 Å². The zero-order valence-corrected chi connectivity index (χ0v) is 13.3. The Labute approximate surface area is 135 Å². The molecule has 5 heteroatoms. The van der Waals surface area contributed by atoms with Gasteiger partial charge in [0, 0.05) is 36.3 Å². The van der Waals surface area contributed by atoms with Gasteiger partial charge >= 0.3 is 0 Å². The molecule has 1 aliphatic heterocycles. The van der Waals surface area contributed by atoms with Gasteiger partial charge in [0.2, 0.25) is 0 Å². The Morgan fingerprint density at radius 2 is 1.83 bits per heavy atom. The molecule has 1 aromatic carbocycles. The van der Waals surface area contributed by atoms with Crippen molar-refractivity contribution in [2.75, 3.05) is 18.0 Å². The van der Waals surface area contributed by atoms with Crippen LogP contribution >= 0.6 is 0 Å². The van der Waals surface area contributed by atoms with Crippen LogP contribution in [0.25, 0.3) is 10.9 Å². The summed E-state index contributed by atoms with van der Waals surface area (Å²) in [5, 5.41) is 12.2. The van der Waals surface area contributed by atoms with E-state index in [0.29, 0.717) is 0 Å². The molecule has 0 unspecified atom stereocenters. The van der Waals surface area contributed by atoms with Crippen LogP contribution in [-0.2, 0) is 12.8 Å². The molecule has 1 fully saturated rings. The van der Waals surface area contributed by atoms with Gasteiger partial charge in [0.05, 0.1) is 16.1 Å². The Morgan fingerprint density at radius 3 is 2.61 bits per heavy atom. The predicted molar refractivity (Wildman–Crippen MR) is 91.1 cm³/mol. The Balaban J connectivity index is 1.96. The quantitative estimate of drug-likeness (QED) is 0.621. The van der Waals surface area contributed by atoms with Gasteiger partial charge in [-0.3, -0.25) is 15.1 Å². The largest absolute Gasteiger partial charge is 0.371 e. The van der Waals surface area contributed by atoms with E-state index in [2.05, 4.69) is 4.90 Å². The Morgan fingerprint density at radius 1 is 1.04 bits per heavy atom. The summed E-state index contributed by atoms with van der Waals surface area (Å²) < 4.78 is 0. The van der Waals surface area contributed by atoms with Gasteiger partial charge in [0.15, 0.2) is 0 Å². The van der Waals surface area contributed by atoms with E-state index in [4.69, 9.17) is 4.98 Å². The first-order chi connectivity index (χ1) is 11.2. The Kier molecular flexibility index (Phi) is 3.63. The molecule has 2 heterocycles. The van der Waals surface area contributed by atoms with Gasteiger partial charge < -0.3 is 4.90 Å². The fraction of sp³-hybridized carbons (Fsp3) is 0.500. The number of nitro groups is 1. The zero-order chi connectivity index (χ0) is 15.8. The number of non-ortho nitro benzene ring substituents is 1. The maximum absolute atomic E-state index is 11.2. The molecule has 0 amide bonds. The third-order valence-corrected chi connectivity index (χ3v) is 5.10. The van der Waals surface area contributed by atoms with E-state index < -0.39 is 0 Å². The SMILES string of the molecule is O=[N+]([O-])c1ccc2nc3c(c(N4CCCCC4)c2c1)CCCC3. The van der Waals surface area contributed by atoms with Gasteiger partial charge in [0.1, 0.15) is 0 Å². The molecule has 0 bridgehead atoms. The van der Waals surface area contributed by atoms with E-state index in [1.165, 1.54) is 49.0 Å². The molecular formula is C18H21N3O2. The monoisotopic (exact) mass is 311 g/mol. The number of benzene rings is 1. The predicted octanol–water partition coefficient (Wildman–Crippen LogP) is 4.01. The minimum Gasteiger partial charge on any atom is -0.371 e. The summed E-state index contributed by atoms with van der Waals surface area (Å²) in [6, 6.07) is 5.11. The molecule has 5 nitrogen and oxygen atoms in total. The third-order valence-electron chi connectivity index (χ3n) is 5.10. The van der Waals surface area contributed by atoms with Gasteiger partial charge in [-0.1, -0.05) is 0 Å². The van der Waals surface area contributed by atoms with E-state index in [0.717, 1.165) is 36.8 Å². The highest BCUT2D eigenvalue weighted by Crippen LogP contribution is 2.38. The fourth-order valence-corrected chi connectivity index (χ4v) is 3.98. The summed E-state index contributed by atoms with van der Waals surface area (Å²) in [6.45, 7) is 2.10. The molecule has 0 N–H and O–H groups in total.